The number of nitriles is 1. The molecule has 1 aliphatic rings. The van der Waals surface area contributed by atoms with Crippen LogP contribution in [0.5, 0.6) is 0 Å². The van der Waals surface area contributed by atoms with Crippen molar-refractivity contribution in [1.82, 2.24) is 4.98 Å². The SMILES string of the molecule is CC(C)(C)Nc1nc2c(cc1C#N)CCC2. The quantitative estimate of drug-likeness (QED) is 0.783. The van der Waals surface area contributed by atoms with Crippen LogP contribution in [0, 0.1) is 11.3 Å². The van der Waals surface area contributed by atoms with Gasteiger partial charge in [-0.1, -0.05) is 0 Å². The number of fused-ring (bicyclic) bond motifs is 1. The third-order valence-electron chi connectivity index (χ3n) is 2.66. The van der Waals surface area contributed by atoms with E-state index < -0.39 is 0 Å². The van der Waals surface area contributed by atoms with E-state index in [9.17, 15) is 0 Å². The molecule has 1 aromatic heterocycles. The number of pyridine rings is 1. The van der Waals surface area contributed by atoms with Crippen molar-refractivity contribution < 1.29 is 0 Å². The highest BCUT2D eigenvalue weighted by molar-refractivity contribution is 5.56. The summed E-state index contributed by atoms with van der Waals surface area (Å²) in [6.45, 7) is 6.22. The predicted molar refractivity (Wildman–Crippen MR) is 64.4 cm³/mol. The minimum atomic E-state index is -0.0640. The second-order valence-corrected chi connectivity index (χ2v) is 5.33. The number of anilines is 1. The molecular formula is C13H17N3. The number of hydrogen-bond acceptors (Lipinski definition) is 3. The van der Waals surface area contributed by atoms with E-state index in [4.69, 9.17) is 5.26 Å². The van der Waals surface area contributed by atoms with Gasteiger partial charge in [0.1, 0.15) is 11.9 Å². The van der Waals surface area contributed by atoms with E-state index in [0.717, 1.165) is 30.8 Å². The van der Waals surface area contributed by atoms with Gasteiger partial charge in [0.25, 0.3) is 0 Å². The van der Waals surface area contributed by atoms with Crippen LogP contribution in [-0.4, -0.2) is 10.5 Å². The molecule has 0 unspecified atom stereocenters. The third-order valence-corrected chi connectivity index (χ3v) is 2.66. The van der Waals surface area contributed by atoms with Crippen LogP contribution in [0.25, 0.3) is 0 Å². The summed E-state index contributed by atoms with van der Waals surface area (Å²) >= 11 is 0. The van der Waals surface area contributed by atoms with Crippen molar-refractivity contribution in [3.05, 3.63) is 22.9 Å². The Bertz CT molecular complexity index is 449. The molecule has 2 rings (SSSR count). The average Bonchev–Trinajstić information content (AvgIpc) is 2.60. The molecule has 0 atom stereocenters. The highest BCUT2D eigenvalue weighted by Gasteiger charge is 2.19. The van der Waals surface area contributed by atoms with Crippen molar-refractivity contribution in [2.45, 2.75) is 45.6 Å². The first-order valence-electron chi connectivity index (χ1n) is 5.71. The lowest BCUT2D eigenvalue weighted by molar-refractivity contribution is 0.629. The summed E-state index contributed by atoms with van der Waals surface area (Å²) in [5.41, 5.74) is 3.00. The summed E-state index contributed by atoms with van der Waals surface area (Å²) in [7, 11) is 0. The van der Waals surface area contributed by atoms with Crippen LogP contribution in [0.15, 0.2) is 6.07 Å². The van der Waals surface area contributed by atoms with Gasteiger partial charge in [-0.2, -0.15) is 5.26 Å². The first-order valence-corrected chi connectivity index (χ1v) is 5.71. The second-order valence-electron chi connectivity index (χ2n) is 5.33. The second kappa shape index (κ2) is 3.79. The van der Waals surface area contributed by atoms with E-state index in [1.165, 1.54) is 5.56 Å². The number of nitrogens with one attached hydrogen (secondary N) is 1. The van der Waals surface area contributed by atoms with Crippen LogP contribution in [0.2, 0.25) is 0 Å². The predicted octanol–water partition coefficient (Wildman–Crippen LogP) is 2.65. The third kappa shape index (κ3) is 2.16. The summed E-state index contributed by atoms with van der Waals surface area (Å²) in [5.74, 6) is 0.732. The molecule has 16 heavy (non-hydrogen) atoms. The zero-order valence-corrected chi connectivity index (χ0v) is 10.1. The van der Waals surface area contributed by atoms with E-state index in [2.05, 4.69) is 37.1 Å². The normalized spacial score (nSPS) is 14.4. The lowest BCUT2D eigenvalue weighted by atomic mass is 10.1. The Hall–Kier alpha value is -1.56. The molecule has 84 valence electrons. The van der Waals surface area contributed by atoms with Crippen LogP contribution in [-0.2, 0) is 12.8 Å². The van der Waals surface area contributed by atoms with Gasteiger partial charge in [-0.05, 0) is 51.7 Å². The molecular weight excluding hydrogens is 198 g/mol. The van der Waals surface area contributed by atoms with Crippen LogP contribution in [0.4, 0.5) is 5.82 Å². The number of aryl methyl sites for hydroxylation is 2. The molecule has 0 amide bonds. The van der Waals surface area contributed by atoms with Crippen molar-refractivity contribution in [2.75, 3.05) is 5.32 Å². The summed E-state index contributed by atoms with van der Waals surface area (Å²) < 4.78 is 0. The Kier molecular flexibility index (Phi) is 2.59. The molecule has 0 bridgehead atoms. The first-order chi connectivity index (χ1) is 7.49. The van der Waals surface area contributed by atoms with E-state index in [-0.39, 0.29) is 5.54 Å². The van der Waals surface area contributed by atoms with Gasteiger partial charge in [-0.25, -0.2) is 4.98 Å². The highest BCUT2D eigenvalue weighted by atomic mass is 15.0. The maximum absolute atomic E-state index is 9.12. The Labute approximate surface area is 96.5 Å². The monoisotopic (exact) mass is 215 g/mol. The van der Waals surface area contributed by atoms with Crippen molar-refractivity contribution in [2.24, 2.45) is 0 Å². The molecule has 0 aromatic carbocycles. The zero-order valence-electron chi connectivity index (χ0n) is 10.1. The lowest BCUT2D eigenvalue weighted by Crippen LogP contribution is -2.27. The molecule has 1 heterocycles. The molecule has 0 fully saturated rings. The van der Waals surface area contributed by atoms with E-state index in [1.54, 1.807) is 0 Å². The highest BCUT2D eigenvalue weighted by Crippen LogP contribution is 2.26. The van der Waals surface area contributed by atoms with Gasteiger partial charge in [0.05, 0.1) is 5.56 Å². The summed E-state index contributed by atoms with van der Waals surface area (Å²) in [4.78, 5) is 4.58. The largest absolute Gasteiger partial charge is 0.364 e. The molecule has 3 nitrogen and oxygen atoms in total. The molecule has 0 aliphatic heterocycles. The average molecular weight is 215 g/mol. The minimum absolute atomic E-state index is 0.0640. The van der Waals surface area contributed by atoms with Gasteiger partial charge in [0, 0.05) is 11.2 Å². The molecule has 0 spiro atoms. The standard InChI is InChI=1S/C13H17N3/c1-13(2,3)16-12-10(8-14)7-9-5-4-6-11(9)15-12/h7H,4-6H2,1-3H3,(H,15,16). The van der Waals surface area contributed by atoms with Crippen LogP contribution in [0.3, 0.4) is 0 Å². The molecule has 1 N–H and O–H groups in total. The maximum Gasteiger partial charge on any atom is 0.144 e. The van der Waals surface area contributed by atoms with Crippen molar-refractivity contribution in [1.29, 1.82) is 5.26 Å². The van der Waals surface area contributed by atoms with Gasteiger partial charge in [0.2, 0.25) is 0 Å². The lowest BCUT2D eigenvalue weighted by Gasteiger charge is -2.22. The zero-order chi connectivity index (χ0) is 11.8. The summed E-state index contributed by atoms with van der Waals surface area (Å²) in [6, 6.07) is 4.21. The number of aromatic nitrogens is 1. The van der Waals surface area contributed by atoms with Gasteiger partial charge >= 0.3 is 0 Å². The van der Waals surface area contributed by atoms with Gasteiger partial charge in [-0.15, -0.1) is 0 Å². The summed E-state index contributed by atoms with van der Waals surface area (Å²) in [5, 5.41) is 12.4. The van der Waals surface area contributed by atoms with E-state index in [0.29, 0.717) is 5.56 Å². The fourth-order valence-electron chi connectivity index (χ4n) is 2.01. The molecule has 0 saturated heterocycles. The smallest absolute Gasteiger partial charge is 0.144 e. The topological polar surface area (TPSA) is 48.7 Å². The molecule has 1 aromatic rings. The van der Waals surface area contributed by atoms with E-state index in [1.807, 2.05) is 6.07 Å². The maximum atomic E-state index is 9.12. The Morgan fingerprint density at radius 2 is 2.12 bits per heavy atom. The van der Waals surface area contributed by atoms with Crippen molar-refractivity contribution >= 4 is 5.82 Å². The van der Waals surface area contributed by atoms with Gasteiger partial charge in [0.15, 0.2) is 0 Å². The fourth-order valence-corrected chi connectivity index (χ4v) is 2.01. The molecule has 0 saturated carbocycles. The number of hydrogen-bond donors (Lipinski definition) is 1. The molecule has 0 radical (unpaired) electrons. The number of nitrogens with zero attached hydrogens (tertiary/aromatic N) is 2. The molecule has 1 aliphatic carbocycles. The van der Waals surface area contributed by atoms with Crippen molar-refractivity contribution in [3.8, 4) is 6.07 Å². The van der Waals surface area contributed by atoms with Crippen LogP contribution >= 0.6 is 0 Å². The fraction of sp³-hybridized carbons (Fsp3) is 0.538. The van der Waals surface area contributed by atoms with Gasteiger partial charge in [-0.3, -0.25) is 0 Å². The number of rotatable bonds is 1. The minimum Gasteiger partial charge on any atom is -0.364 e. The van der Waals surface area contributed by atoms with E-state index >= 15 is 0 Å². The first kappa shape index (κ1) is 10.9. The Balaban J connectivity index is 2.41. The van der Waals surface area contributed by atoms with Crippen molar-refractivity contribution in [3.63, 3.8) is 0 Å². The summed E-state index contributed by atoms with van der Waals surface area (Å²) in [6.07, 6.45) is 3.26. The van der Waals surface area contributed by atoms with Crippen LogP contribution in [0.1, 0.15) is 44.0 Å². The van der Waals surface area contributed by atoms with Gasteiger partial charge < -0.3 is 5.32 Å². The van der Waals surface area contributed by atoms with Crippen LogP contribution < -0.4 is 5.32 Å². The molecule has 3 heteroatoms. The Morgan fingerprint density at radius 1 is 1.38 bits per heavy atom. The Morgan fingerprint density at radius 3 is 2.75 bits per heavy atom.